The first-order valence-corrected chi connectivity index (χ1v) is 11.9. The van der Waals surface area contributed by atoms with Crippen LogP contribution < -0.4 is 10.3 Å². The number of carbonyl (C=O) groups excluding carboxylic acids is 1. The molecule has 0 bridgehead atoms. The molecule has 2 heterocycles. The quantitative estimate of drug-likeness (QED) is 0.256. The van der Waals surface area contributed by atoms with Gasteiger partial charge in [0, 0.05) is 5.56 Å². The van der Waals surface area contributed by atoms with Gasteiger partial charge in [-0.2, -0.15) is 0 Å². The van der Waals surface area contributed by atoms with Crippen molar-refractivity contribution in [1.82, 2.24) is 19.2 Å². The van der Waals surface area contributed by atoms with Crippen LogP contribution >= 0.6 is 11.8 Å². The fraction of sp³-hybridized carbons (Fsp3) is 0.154. The van der Waals surface area contributed by atoms with Crippen molar-refractivity contribution in [3.05, 3.63) is 94.3 Å². The minimum Gasteiger partial charge on any atom is -0.497 e. The lowest BCUT2D eigenvalue weighted by Crippen LogP contribution is -2.21. The summed E-state index contributed by atoms with van der Waals surface area (Å²) in [6.07, 6.45) is 0.928. The van der Waals surface area contributed by atoms with Gasteiger partial charge in [0.1, 0.15) is 5.75 Å². The SMILES string of the molecule is CCc1ccc(C(=O)CSc2nnc3n(-c4ccc(OC)cc4)c(=O)c4ccccc4n23)cc1. The molecule has 5 rings (SSSR count). The van der Waals surface area contributed by atoms with E-state index in [0.717, 1.165) is 6.42 Å². The van der Waals surface area contributed by atoms with Crippen molar-refractivity contribution >= 4 is 34.2 Å². The number of aromatic nitrogens is 4. The highest BCUT2D eigenvalue weighted by Gasteiger charge is 2.19. The summed E-state index contributed by atoms with van der Waals surface area (Å²) in [5, 5.41) is 9.76. The molecule has 0 unspecified atom stereocenters. The monoisotopic (exact) mass is 470 g/mol. The van der Waals surface area contributed by atoms with Crippen molar-refractivity contribution in [3.8, 4) is 11.4 Å². The zero-order valence-corrected chi connectivity index (χ0v) is 19.6. The number of para-hydroxylation sites is 1. The highest BCUT2D eigenvalue weighted by atomic mass is 32.2. The third kappa shape index (κ3) is 3.86. The Kier molecular flexibility index (Phi) is 5.90. The first-order valence-electron chi connectivity index (χ1n) is 10.9. The summed E-state index contributed by atoms with van der Waals surface area (Å²) in [4.78, 5) is 26.2. The first kappa shape index (κ1) is 21.9. The molecule has 3 aromatic carbocycles. The largest absolute Gasteiger partial charge is 0.497 e. The summed E-state index contributed by atoms with van der Waals surface area (Å²) in [5.74, 6) is 1.30. The van der Waals surface area contributed by atoms with E-state index in [1.165, 1.54) is 21.9 Å². The molecule has 0 N–H and O–H groups in total. The van der Waals surface area contributed by atoms with E-state index in [-0.39, 0.29) is 17.1 Å². The van der Waals surface area contributed by atoms with Gasteiger partial charge in [-0.1, -0.05) is 55.1 Å². The number of methoxy groups -OCH3 is 1. The molecule has 34 heavy (non-hydrogen) atoms. The van der Waals surface area contributed by atoms with Crippen molar-refractivity contribution in [3.63, 3.8) is 0 Å². The van der Waals surface area contributed by atoms with Gasteiger partial charge in [0.25, 0.3) is 5.56 Å². The lowest BCUT2D eigenvalue weighted by atomic mass is 10.1. The van der Waals surface area contributed by atoms with Gasteiger partial charge in [-0.05, 0) is 48.4 Å². The fourth-order valence-corrected chi connectivity index (χ4v) is 4.71. The molecule has 8 heteroatoms. The van der Waals surface area contributed by atoms with Crippen molar-refractivity contribution in [2.45, 2.75) is 18.5 Å². The number of benzene rings is 3. The molecule has 0 radical (unpaired) electrons. The van der Waals surface area contributed by atoms with Gasteiger partial charge in [-0.3, -0.25) is 14.0 Å². The van der Waals surface area contributed by atoms with Crippen molar-refractivity contribution in [2.24, 2.45) is 0 Å². The van der Waals surface area contributed by atoms with E-state index in [4.69, 9.17) is 4.74 Å². The third-order valence-corrected chi connectivity index (χ3v) is 6.67. The van der Waals surface area contributed by atoms with E-state index in [9.17, 15) is 9.59 Å². The third-order valence-electron chi connectivity index (χ3n) is 5.74. The van der Waals surface area contributed by atoms with E-state index in [0.29, 0.717) is 38.8 Å². The number of ketones is 1. The van der Waals surface area contributed by atoms with Crippen LogP contribution in [-0.2, 0) is 6.42 Å². The molecular formula is C26H22N4O3S. The van der Waals surface area contributed by atoms with Crippen LogP contribution in [-0.4, -0.2) is 37.8 Å². The number of carbonyl (C=O) groups is 1. The zero-order valence-electron chi connectivity index (χ0n) is 18.8. The van der Waals surface area contributed by atoms with Gasteiger partial charge in [0.15, 0.2) is 10.9 Å². The highest BCUT2D eigenvalue weighted by Crippen LogP contribution is 2.24. The lowest BCUT2D eigenvalue weighted by Gasteiger charge is -2.11. The molecule has 0 amide bonds. The van der Waals surface area contributed by atoms with Gasteiger partial charge in [0.05, 0.1) is 29.5 Å². The highest BCUT2D eigenvalue weighted by molar-refractivity contribution is 7.99. The Morgan fingerprint density at radius 1 is 0.971 bits per heavy atom. The van der Waals surface area contributed by atoms with E-state index in [2.05, 4.69) is 17.1 Å². The van der Waals surface area contributed by atoms with Crippen molar-refractivity contribution in [1.29, 1.82) is 0 Å². The van der Waals surface area contributed by atoms with Crippen LogP contribution in [0.1, 0.15) is 22.8 Å². The van der Waals surface area contributed by atoms with Crippen LogP contribution in [0.2, 0.25) is 0 Å². The Labute approximate surface area is 200 Å². The second-order valence-electron chi connectivity index (χ2n) is 7.74. The summed E-state index contributed by atoms with van der Waals surface area (Å²) in [6, 6.07) is 22.2. The van der Waals surface area contributed by atoms with Crippen LogP contribution in [0.15, 0.2) is 82.7 Å². The minimum atomic E-state index is -0.190. The number of nitrogens with zero attached hydrogens (tertiary/aromatic N) is 4. The van der Waals surface area contributed by atoms with Crippen LogP contribution in [0.25, 0.3) is 22.4 Å². The van der Waals surface area contributed by atoms with Gasteiger partial charge in [-0.25, -0.2) is 4.57 Å². The average molecular weight is 471 g/mol. The summed E-state index contributed by atoms with van der Waals surface area (Å²) in [6.45, 7) is 2.08. The topological polar surface area (TPSA) is 78.5 Å². The predicted octanol–water partition coefficient (Wildman–Crippen LogP) is 4.58. The van der Waals surface area contributed by atoms with E-state index in [1.54, 1.807) is 37.4 Å². The molecule has 0 aliphatic heterocycles. The molecule has 2 aromatic heterocycles. The number of thioether (sulfide) groups is 1. The predicted molar refractivity (Wildman–Crippen MR) is 134 cm³/mol. The Morgan fingerprint density at radius 3 is 2.41 bits per heavy atom. The van der Waals surface area contributed by atoms with E-state index < -0.39 is 0 Å². The second kappa shape index (κ2) is 9.15. The van der Waals surface area contributed by atoms with Crippen molar-refractivity contribution in [2.75, 3.05) is 12.9 Å². The standard InChI is InChI=1S/C26H22N4O3S/c1-3-17-8-10-18(11-9-17)23(31)16-34-26-28-27-25-29(19-12-14-20(33-2)15-13-19)24(32)21-6-4-5-7-22(21)30(25)26/h4-15H,3,16H2,1-2H3. The van der Waals surface area contributed by atoms with Crippen LogP contribution in [0.3, 0.4) is 0 Å². The molecule has 0 fully saturated rings. The number of ether oxygens (including phenoxy) is 1. The van der Waals surface area contributed by atoms with Gasteiger partial charge >= 0.3 is 0 Å². The Morgan fingerprint density at radius 2 is 1.71 bits per heavy atom. The Bertz CT molecular complexity index is 1550. The maximum Gasteiger partial charge on any atom is 0.267 e. The van der Waals surface area contributed by atoms with E-state index in [1.807, 2.05) is 46.9 Å². The number of Topliss-reactive ketones (excluding diaryl/α,β-unsaturated/α-hetero) is 1. The molecular weight excluding hydrogens is 448 g/mol. The lowest BCUT2D eigenvalue weighted by molar-refractivity contribution is 0.102. The normalized spacial score (nSPS) is 11.2. The summed E-state index contributed by atoms with van der Waals surface area (Å²) in [5.41, 5.74) is 3.01. The number of hydrogen-bond donors (Lipinski definition) is 0. The first-order chi connectivity index (χ1) is 16.6. The number of rotatable bonds is 7. The molecule has 0 atom stereocenters. The van der Waals surface area contributed by atoms with Crippen LogP contribution in [0.5, 0.6) is 5.75 Å². The zero-order chi connectivity index (χ0) is 23.7. The molecule has 7 nitrogen and oxygen atoms in total. The molecule has 5 aromatic rings. The maximum absolute atomic E-state index is 13.4. The van der Waals surface area contributed by atoms with Gasteiger partial charge in [0.2, 0.25) is 5.78 Å². The average Bonchev–Trinajstić information content (AvgIpc) is 3.31. The minimum absolute atomic E-state index is 0.0113. The molecule has 0 aliphatic rings. The number of fused-ring (bicyclic) bond motifs is 3. The fourth-order valence-electron chi connectivity index (χ4n) is 3.88. The Hall–Kier alpha value is -3.91. The number of hydrogen-bond acceptors (Lipinski definition) is 6. The second-order valence-corrected chi connectivity index (χ2v) is 8.68. The summed E-state index contributed by atoms with van der Waals surface area (Å²) in [7, 11) is 1.59. The summed E-state index contributed by atoms with van der Waals surface area (Å²) >= 11 is 1.30. The molecule has 0 spiro atoms. The van der Waals surface area contributed by atoms with Gasteiger partial charge < -0.3 is 4.74 Å². The summed E-state index contributed by atoms with van der Waals surface area (Å²) < 4.78 is 8.61. The molecule has 0 saturated carbocycles. The van der Waals surface area contributed by atoms with E-state index >= 15 is 0 Å². The Balaban J connectivity index is 1.58. The van der Waals surface area contributed by atoms with Crippen molar-refractivity contribution < 1.29 is 9.53 Å². The molecule has 0 saturated heterocycles. The molecule has 0 aliphatic carbocycles. The van der Waals surface area contributed by atoms with Gasteiger partial charge in [-0.15, -0.1) is 10.2 Å². The van der Waals surface area contributed by atoms with Crippen LogP contribution in [0.4, 0.5) is 0 Å². The smallest absolute Gasteiger partial charge is 0.267 e. The van der Waals surface area contributed by atoms with Crippen LogP contribution in [0, 0.1) is 0 Å². The maximum atomic E-state index is 13.4. The molecule has 170 valence electrons. The number of aryl methyl sites for hydroxylation is 1.